The quantitative estimate of drug-likeness (QED) is 0.475. The number of aromatic nitrogens is 2. The molecule has 1 aromatic heterocycles. The van der Waals surface area contributed by atoms with Crippen molar-refractivity contribution in [1.82, 2.24) is 9.97 Å². The molecule has 0 aliphatic heterocycles. The van der Waals surface area contributed by atoms with Gasteiger partial charge in [-0.3, -0.25) is 0 Å². The van der Waals surface area contributed by atoms with Crippen molar-refractivity contribution in [2.45, 2.75) is 17.6 Å². The van der Waals surface area contributed by atoms with Gasteiger partial charge in [-0.15, -0.1) is 12.4 Å². The van der Waals surface area contributed by atoms with E-state index in [0.717, 1.165) is 18.2 Å². The Balaban J connectivity index is 0.00000385. The van der Waals surface area contributed by atoms with Crippen LogP contribution in [0.2, 0.25) is 0 Å². The monoisotopic (exact) mass is 508 g/mol. The van der Waals surface area contributed by atoms with Crippen LogP contribution >= 0.6 is 12.4 Å². The fraction of sp³-hybridized carbons (Fsp3) is 0.263. The van der Waals surface area contributed by atoms with Crippen molar-refractivity contribution in [2.75, 3.05) is 26.1 Å². The van der Waals surface area contributed by atoms with E-state index in [1.165, 1.54) is 20.5 Å². The van der Waals surface area contributed by atoms with Crippen LogP contribution < -0.4 is 24.7 Å². The van der Waals surface area contributed by atoms with Gasteiger partial charge in [-0.1, -0.05) is 0 Å². The van der Waals surface area contributed by atoms with Crippen LogP contribution in [-0.4, -0.2) is 45.4 Å². The third kappa shape index (κ3) is 6.49. The van der Waals surface area contributed by atoms with E-state index in [4.69, 9.17) is 19.3 Å². The highest BCUT2D eigenvalue weighted by molar-refractivity contribution is 7.89. The summed E-state index contributed by atoms with van der Waals surface area (Å²) in [7, 11) is -1.15. The molecule has 0 saturated heterocycles. The maximum atomic E-state index is 12.6. The fourth-order valence-corrected chi connectivity index (χ4v) is 3.46. The van der Waals surface area contributed by atoms with Crippen LogP contribution in [0.25, 0.3) is 10.9 Å². The van der Waals surface area contributed by atoms with Crippen molar-refractivity contribution in [3.8, 4) is 17.2 Å². The van der Waals surface area contributed by atoms with Crippen LogP contribution in [0.15, 0.2) is 41.6 Å². The maximum Gasteiger partial charge on any atom is 0.422 e. The molecule has 0 atom stereocenters. The summed E-state index contributed by atoms with van der Waals surface area (Å²) in [6.07, 6.45) is -3.29. The normalized spacial score (nSPS) is 11.6. The Kier molecular flexibility index (Phi) is 8.16. The van der Waals surface area contributed by atoms with Crippen LogP contribution in [0.5, 0.6) is 17.2 Å². The average molecular weight is 509 g/mol. The van der Waals surface area contributed by atoms with Crippen molar-refractivity contribution in [2.24, 2.45) is 5.14 Å². The zero-order chi connectivity index (χ0) is 23.5. The van der Waals surface area contributed by atoms with Gasteiger partial charge in [-0.05, 0) is 18.2 Å². The highest BCUT2D eigenvalue weighted by Crippen LogP contribution is 2.34. The number of rotatable bonds is 8. The van der Waals surface area contributed by atoms with Crippen molar-refractivity contribution >= 4 is 39.2 Å². The number of benzene rings is 2. The lowest BCUT2D eigenvalue weighted by molar-refractivity contribution is -0.153. The molecule has 3 N–H and O–H groups in total. The molecule has 33 heavy (non-hydrogen) atoms. The van der Waals surface area contributed by atoms with Gasteiger partial charge in [0, 0.05) is 24.2 Å². The molecule has 0 unspecified atom stereocenters. The molecular weight excluding hydrogens is 489 g/mol. The van der Waals surface area contributed by atoms with Gasteiger partial charge in [-0.2, -0.15) is 13.2 Å². The standard InChI is InChI=1S/C19H19F3N4O5S.ClH/c1-29-12-6-14-17(16(7-12)30-2)18(26-10-25-14)24-8-11-5-13(32(23,27)28)3-4-15(11)31-9-19(20,21)22;/h3-7,10H,8-9H2,1-2H3,(H2,23,27,28)(H,24,25,26);1H. The van der Waals surface area contributed by atoms with E-state index < -0.39 is 22.8 Å². The van der Waals surface area contributed by atoms with E-state index in [1.807, 2.05) is 0 Å². The number of fused-ring (bicyclic) bond motifs is 1. The second kappa shape index (κ2) is 10.3. The number of hydrogen-bond acceptors (Lipinski definition) is 8. The molecule has 0 amide bonds. The number of alkyl halides is 3. The summed E-state index contributed by atoms with van der Waals surface area (Å²) in [4.78, 5) is 8.07. The first-order valence-electron chi connectivity index (χ1n) is 8.97. The van der Waals surface area contributed by atoms with Gasteiger partial charge in [0.2, 0.25) is 10.0 Å². The van der Waals surface area contributed by atoms with Gasteiger partial charge in [0.15, 0.2) is 6.61 Å². The number of methoxy groups -OCH3 is 2. The number of anilines is 1. The van der Waals surface area contributed by atoms with Crippen LogP contribution in [0.3, 0.4) is 0 Å². The Hall–Kier alpha value is -3.03. The lowest BCUT2D eigenvalue weighted by Gasteiger charge is -2.16. The number of primary sulfonamides is 1. The molecule has 2 aromatic carbocycles. The molecular formula is C19H20ClF3N4O5S. The molecule has 0 radical (unpaired) electrons. The van der Waals surface area contributed by atoms with Gasteiger partial charge >= 0.3 is 6.18 Å². The Morgan fingerprint density at radius 1 is 1.06 bits per heavy atom. The summed E-state index contributed by atoms with van der Waals surface area (Å²) in [5.41, 5.74) is 0.616. The third-order valence-corrected chi connectivity index (χ3v) is 5.24. The van der Waals surface area contributed by atoms with Gasteiger partial charge in [0.25, 0.3) is 0 Å². The molecule has 0 fully saturated rings. The number of sulfonamides is 1. The van der Waals surface area contributed by atoms with E-state index in [1.54, 1.807) is 12.1 Å². The van der Waals surface area contributed by atoms with E-state index in [9.17, 15) is 21.6 Å². The molecule has 3 aromatic rings. The molecule has 14 heteroatoms. The largest absolute Gasteiger partial charge is 0.497 e. The molecule has 0 bridgehead atoms. The highest BCUT2D eigenvalue weighted by atomic mass is 35.5. The minimum Gasteiger partial charge on any atom is -0.497 e. The molecule has 0 aliphatic carbocycles. The van der Waals surface area contributed by atoms with Crippen LogP contribution in [0.1, 0.15) is 5.56 Å². The number of nitrogens with zero attached hydrogens (tertiary/aromatic N) is 2. The van der Waals surface area contributed by atoms with E-state index in [0.29, 0.717) is 28.2 Å². The lowest BCUT2D eigenvalue weighted by atomic mass is 10.1. The van der Waals surface area contributed by atoms with Crippen LogP contribution in [0.4, 0.5) is 19.0 Å². The summed E-state index contributed by atoms with van der Waals surface area (Å²) < 4.78 is 76.7. The number of nitrogens with one attached hydrogen (secondary N) is 1. The first-order valence-corrected chi connectivity index (χ1v) is 10.5. The van der Waals surface area contributed by atoms with Crippen molar-refractivity contribution in [3.63, 3.8) is 0 Å². The number of nitrogens with two attached hydrogens (primary N) is 1. The van der Waals surface area contributed by atoms with Gasteiger partial charge in [0.1, 0.15) is 29.4 Å². The summed E-state index contributed by atoms with van der Waals surface area (Å²) in [5, 5.41) is 8.61. The summed E-state index contributed by atoms with van der Waals surface area (Å²) in [6.45, 7) is -1.67. The van der Waals surface area contributed by atoms with E-state index in [2.05, 4.69) is 15.3 Å². The molecule has 1 heterocycles. The predicted molar refractivity (Wildman–Crippen MR) is 117 cm³/mol. The smallest absolute Gasteiger partial charge is 0.422 e. The Morgan fingerprint density at radius 3 is 2.39 bits per heavy atom. The van der Waals surface area contributed by atoms with Gasteiger partial charge < -0.3 is 19.5 Å². The second-order valence-electron chi connectivity index (χ2n) is 6.52. The van der Waals surface area contributed by atoms with Gasteiger partial charge in [0.05, 0.1) is 30.0 Å². The first kappa shape index (κ1) is 26.2. The van der Waals surface area contributed by atoms with Crippen molar-refractivity contribution in [1.29, 1.82) is 0 Å². The Morgan fingerprint density at radius 2 is 1.79 bits per heavy atom. The molecule has 180 valence electrons. The van der Waals surface area contributed by atoms with E-state index >= 15 is 0 Å². The Bertz CT molecular complexity index is 1240. The number of ether oxygens (including phenoxy) is 3. The molecule has 0 spiro atoms. The van der Waals surface area contributed by atoms with Gasteiger partial charge in [-0.25, -0.2) is 23.5 Å². The average Bonchev–Trinajstić information content (AvgIpc) is 2.74. The number of halogens is 4. The zero-order valence-corrected chi connectivity index (χ0v) is 19.0. The molecule has 0 aliphatic rings. The van der Waals surface area contributed by atoms with Crippen LogP contribution in [-0.2, 0) is 16.6 Å². The topological polar surface area (TPSA) is 126 Å². The Labute approximate surface area is 193 Å². The summed E-state index contributed by atoms with van der Waals surface area (Å²) >= 11 is 0. The highest BCUT2D eigenvalue weighted by Gasteiger charge is 2.29. The minimum atomic E-state index is -4.57. The summed E-state index contributed by atoms with van der Waals surface area (Å²) in [5.74, 6) is 1.04. The SMILES string of the molecule is COc1cc(OC)c2c(NCc3cc(S(N)(=O)=O)ccc3OCC(F)(F)F)ncnc2c1.Cl. The molecule has 0 saturated carbocycles. The predicted octanol–water partition coefficient (Wildman–Crippen LogP) is 3.27. The fourth-order valence-electron chi connectivity index (χ4n) is 2.89. The summed E-state index contributed by atoms with van der Waals surface area (Å²) in [6, 6.07) is 6.60. The maximum absolute atomic E-state index is 12.6. The first-order chi connectivity index (χ1) is 15.0. The zero-order valence-electron chi connectivity index (χ0n) is 17.3. The number of hydrogen-bond donors (Lipinski definition) is 2. The van der Waals surface area contributed by atoms with Crippen LogP contribution in [0, 0.1) is 0 Å². The molecule has 9 nitrogen and oxygen atoms in total. The minimum absolute atomic E-state index is 0. The lowest BCUT2D eigenvalue weighted by Crippen LogP contribution is -2.20. The second-order valence-corrected chi connectivity index (χ2v) is 8.08. The molecule has 3 rings (SSSR count). The van der Waals surface area contributed by atoms with Crippen molar-refractivity contribution in [3.05, 3.63) is 42.2 Å². The third-order valence-electron chi connectivity index (χ3n) is 4.33. The van der Waals surface area contributed by atoms with Crippen molar-refractivity contribution < 1.29 is 35.8 Å². The van der Waals surface area contributed by atoms with E-state index in [-0.39, 0.29) is 35.2 Å².